The largest absolute Gasteiger partial charge is 0.497 e. The fourth-order valence-electron chi connectivity index (χ4n) is 3.42. The summed E-state index contributed by atoms with van der Waals surface area (Å²) in [5, 5.41) is 3.87. The number of nitrogens with zero attached hydrogens (tertiary/aromatic N) is 2. The molecule has 0 spiro atoms. The Bertz CT molecular complexity index is 777. The number of carbonyl (C=O) groups is 1. The van der Waals surface area contributed by atoms with Crippen LogP contribution in [0.2, 0.25) is 5.02 Å². The van der Waals surface area contributed by atoms with Crippen LogP contribution in [-0.2, 0) is 4.79 Å². The lowest BCUT2D eigenvalue weighted by Gasteiger charge is -2.36. The van der Waals surface area contributed by atoms with Gasteiger partial charge in [-0.05, 0) is 55.3 Å². The lowest BCUT2D eigenvalue weighted by atomic mass is 10.1. The molecule has 0 atom stereocenters. The molecule has 1 fully saturated rings. The molecule has 0 aliphatic carbocycles. The van der Waals surface area contributed by atoms with Gasteiger partial charge in [0.15, 0.2) is 0 Å². The van der Waals surface area contributed by atoms with E-state index in [9.17, 15) is 4.79 Å². The topological polar surface area (TPSA) is 44.8 Å². The monoisotopic (exact) mass is 387 g/mol. The predicted molar refractivity (Wildman–Crippen MR) is 111 cm³/mol. The minimum Gasteiger partial charge on any atom is -0.497 e. The zero-order valence-corrected chi connectivity index (χ0v) is 16.8. The number of nitrogens with one attached hydrogen (secondary N) is 1. The van der Waals surface area contributed by atoms with Crippen molar-refractivity contribution in [3.8, 4) is 5.75 Å². The van der Waals surface area contributed by atoms with Gasteiger partial charge in [-0.2, -0.15) is 0 Å². The first kappa shape index (κ1) is 19.4. The Morgan fingerprint density at radius 2 is 1.78 bits per heavy atom. The number of benzene rings is 2. The Morgan fingerprint density at radius 3 is 2.37 bits per heavy atom. The van der Waals surface area contributed by atoms with Crippen LogP contribution in [0.15, 0.2) is 36.4 Å². The second-order valence-electron chi connectivity index (χ2n) is 6.86. The number of halogens is 1. The van der Waals surface area contributed by atoms with Crippen LogP contribution >= 0.6 is 11.6 Å². The SMILES string of the molecule is COc1ccc(N2CCN(C(=O)CNc3c(C)cc(C)cc3Cl)CC2)cc1. The molecule has 1 amide bonds. The van der Waals surface area contributed by atoms with Gasteiger partial charge in [-0.3, -0.25) is 4.79 Å². The maximum Gasteiger partial charge on any atom is 0.241 e. The minimum atomic E-state index is 0.0976. The molecule has 1 aliphatic heterocycles. The van der Waals surface area contributed by atoms with Crippen molar-refractivity contribution in [3.05, 3.63) is 52.5 Å². The highest BCUT2D eigenvalue weighted by molar-refractivity contribution is 6.33. The Morgan fingerprint density at radius 1 is 1.11 bits per heavy atom. The van der Waals surface area contributed by atoms with E-state index < -0.39 is 0 Å². The van der Waals surface area contributed by atoms with E-state index in [1.807, 2.05) is 36.9 Å². The van der Waals surface area contributed by atoms with E-state index in [-0.39, 0.29) is 12.5 Å². The third-order valence-electron chi connectivity index (χ3n) is 4.92. The molecule has 0 radical (unpaired) electrons. The van der Waals surface area contributed by atoms with Crippen molar-refractivity contribution < 1.29 is 9.53 Å². The van der Waals surface area contributed by atoms with Gasteiger partial charge in [0, 0.05) is 31.9 Å². The maximum absolute atomic E-state index is 12.6. The Kier molecular flexibility index (Phi) is 6.11. The van der Waals surface area contributed by atoms with Gasteiger partial charge >= 0.3 is 0 Å². The molecule has 0 aromatic heterocycles. The number of methoxy groups -OCH3 is 1. The summed E-state index contributed by atoms with van der Waals surface area (Å²) in [6, 6.07) is 12.0. The first-order valence-electron chi connectivity index (χ1n) is 9.15. The number of hydrogen-bond donors (Lipinski definition) is 1. The molecule has 1 heterocycles. The molecule has 1 N–H and O–H groups in total. The van der Waals surface area contributed by atoms with E-state index >= 15 is 0 Å². The number of rotatable bonds is 5. The van der Waals surface area contributed by atoms with E-state index in [1.54, 1.807) is 7.11 Å². The highest BCUT2D eigenvalue weighted by Crippen LogP contribution is 2.27. The summed E-state index contributed by atoms with van der Waals surface area (Å²) in [6.45, 7) is 7.34. The van der Waals surface area contributed by atoms with Crippen molar-refractivity contribution in [3.63, 3.8) is 0 Å². The third-order valence-corrected chi connectivity index (χ3v) is 5.22. The van der Waals surface area contributed by atoms with Crippen LogP contribution in [0.1, 0.15) is 11.1 Å². The van der Waals surface area contributed by atoms with Crippen molar-refractivity contribution in [2.75, 3.05) is 50.1 Å². The quantitative estimate of drug-likeness (QED) is 0.849. The molecule has 5 nitrogen and oxygen atoms in total. The normalized spacial score (nSPS) is 14.2. The molecule has 0 bridgehead atoms. The van der Waals surface area contributed by atoms with Gasteiger partial charge in [0.1, 0.15) is 5.75 Å². The van der Waals surface area contributed by atoms with Crippen molar-refractivity contribution in [2.45, 2.75) is 13.8 Å². The van der Waals surface area contributed by atoms with Crippen molar-refractivity contribution in [1.82, 2.24) is 4.90 Å². The van der Waals surface area contributed by atoms with Crippen molar-refractivity contribution in [2.24, 2.45) is 0 Å². The molecule has 3 rings (SSSR count). The van der Waals surface area contributed by atoms with Gasteiger partial charge in [-0.1, -0.05) is 17.7 Å². The van der Waals surface area contributed by atoms with Gasteiger partial charge < -0.3 is 19.9 Å². The molecule has 2 aromatic rings. The Labute approximate surface area is 165 Å². The third kappa shape index (κ3) is 4.66. The molecular weight excluding hydrogens is 362 g/mol. The van der Waals surface area contributed by atoms with E-state index in [0.29, 0.717) is 18.1 Å². The second kappa shape index (κ2) is 8.53. The summed E-state index contributed by atoms with van der Waals surface area (Å²) in [7, 11) is 1.67. The zero-order chi connectivity index (χ0) is 19.4. The molecule has 27 heavy (non-hydrogen) atoms. The maximum atomic E-state index is 12.6. The highest BCUT2D eigenvalue weighted by atomic mass is 35.5. The van der Waals surface area contributed by atoms with Crippen LogP contribution in [0.25, 0.3) is 0 Å². The van der Waals surface area contributed by atoms with E-state index in [1.165, 1.54) is 0 Å². The number of carbonyl (C=O) groups excluding carboxylic acids is 1. The van der Waals surface area contributed by atoms with Gasteiger partial charge in [-0.25, -0.2) is 0 Å². The van der Waals surface area contributed by atoms with Gasteiger partial charge in [0.2, 0.25) is 5.91 Å². The number of anilines is 2. The minimum absolute atomic E-state index is 0.0976. The number of amides is 1. The van der Waals surface area contributed by atoms with E-state index in [4.69, 9.17) is 16.3 Å². The molecule has 0 unspecified atom stereocenters. The number of aryl methyl sites for hydroxylation is 2. The van der Waals surface area contributed by atoms with Gasteiger partial charge in [-0.15, -0.1) is 0 Å². The van der Waals surface area contributed by atoms with E-state index in [2.05, 4.69) is 28.4 Å². The van der Waals surface area contributed by atoms with Crippen LogP contribution in [-0.4, -0.2) is 50.6 Å². The van der Waals surface area contributed by atoms with Crippen molar-refractivity contribution in [1.29, 1.82) is 0 Å². The molecule has 144 valence electrons. The molecule has 1 aliphatic rings. The lowest BCUT2D eigenvalue weighted by molar-refractivity contribution is -0.129. The molecule has 1 saturated heterocycles. The average molecular weight is 388 g/mol. The lowest BCUT2D eigenvalue weighted by Crippen LogP contribution is -2.50. The Hall–Kier alpha value is -2.40. The molecule has 6 heteroatoms. The van der Waals surface area contributed by atoms with Gasteiger partial charge in [0.25, 0.3) is 0 Å². The fraction of sp³-hybridized carbons (Fsp3) is 0.381. The van der Waals surface area contributed by atoms with Crippen LogP contribution < -0.4 is 15.0 Å². The summed E-state index contributed by atoms with van der Waals surface area (Å²) in [5.41, 5.74) is 4.16. The highest BCUT2D eigenvalue weighted by Gasteiger charge is 2.21. The van der Waals surface area contributed by atoms with Crippen LogP contribution in [0.5, 0.6) is 5.75 Å². The second-order valence-corrected chi connectivity index (χ2v) is 7.27. The van der Waals surface area contributed by atoms with E-state index in [0.717, 1.165) is 41.3 Å². The molecular formula is C21H26ClN3O2. The summed E-state index contributed by atoms with van der Waals surface area (Å²) in [5.74, 6) is 0.948. The summed E-state index contributed by atoms with van der Waals surface area (Å²) in [4.78, 5) is 16.8. The van der Waals surface area contributed by atoms with Crippen molar-refractivity contribution >= 4 is 28.9 Å². The summed E-state index contributed by atoms with van der Waals surface area (Å²) < 4.78 is 5.20. The van der Waals surface area contributed by atoms with Crippen LogP contribution in [0.3, 0.4) is 0 Å². The summed E-state index contributed by atoms with van der Waals surface area (Å²) >= 11 is 6.31. The Balaban J connectivity index is 1.52. The number of ether oxygens (including phenoxy) is 1. The number of piperazine rings is 1. The number of hydrogen-bond acceptors (Lipinski definition) is 4. The molecule has 0 saturated carbocycles. The van der Waals surface area contributed by atoms with Crippen LogP contribution in [0, 0.1) is 13.8 Å². The smallest absolute Gasteiger partial charge is 0.241 e. The zero-order valence-electron chi connectivity index (χ0n) is 16.1. The van der Waals surface area contributed by atoms with Gasteiger partial charge in [0.05, 0.1) is 24.4 Å². The first-order chi connectivity index (χ1) is 13.0. The first-order valence-corrected chi connectivity index (χ1v) is 9.53. The average Bonchev–Trinajstić information content (AvgIpc) is 2.67. The predicted octanol–water partition coefficient (Wildman–Crippen LogP) is 3.73. The fourth-order valence-corrected chi connectivity index (χ4v) is 3.81. The summed E-state index contributed by atoms with van der Waals surface area (Å²) in [6.07, 6.45) is 0. The molecule has 2 aromatic carbocycles. The van der Waals surface area contributed by atoms with Crippen LogP contribution in [0.4, 0.5) is 11.4 Å². The standard InChI is InChI=1S/C21H26ClN3O2/c1-15-12-16(2)21(19(22)13-15)23-14-20(26)25-10-8-24(9-11-25)17-4-6-18(27-3)7-5-17/h4-7,12-13,23H,8-11,14H2,1-3H3.